The molecule has 1 N–H and O–H groups in total. The second kappa shape index (κ2) is 7.06. The van der Waals surface area contributed by atoms with Gasteiger partial charge in [-0.05, 0) is 56.5 Å². The number of nitrogens with zero attached hydrogens (tertiary/aromatic N) is 1. The summed E-state index contributed by atoms with van der Waals surface area (Å²) in [6, 6.07) is 7.57. The van der Waals surface area contributed by atoms with E-state index in [2.05, 4.69) is 49.2 Å². The van der Waals surface area contributed by atoms with Crippen LogP contribution in [0.2, 0.25) is 0 Å². The molecule has 19 heavy (non-hydrogen) atoms. The molecule has 2 rings (SSSR count). The molecular formula is C17H28N2. The number of hydrogen-bond donors (Lipinski definition) is 1. The van der Waals surface area contributed by atoms with Crippen LogP contribution in [-0.4, -0.2) is 30.6 Å². The van der Waals surface area contributed by atoms with Gasteiger partial charge < -0.3 is 5.32 Å². The molecule has 1 aliphatic heterocycles. The first-order valence-corrected chi connectivity index (χ1v) is 7.71. The fourth-order valence-electron chi connectivity index (χ4n) is 2.92. The fourth-order valence-corrected chi connectivity index (χ4v) is 2.92. The van der Waals surface area contributed by atoms with E-state index in [1.165, 1.54) is 55.6 Å². The number of aryl methyl sites for hydroxylation is 2. The fraction of sp³-hybridized carbons (Fsp3) is 0.647. The largest absolute Gasteiger partial charge is 0.313 e. The first-order chi connectivity index (χ1) is 9.19. The van der Waals surface area contributed by atoms with Crippen LogP contribution in [0.1, 0.15) is 42.9 Å². The molecule has 1 heterocycles. The Morgan fingerprint density at radius 1 is 1.26 bits per heavy atom. The Balaban J connectivity index is 1.97. The highest BCUT2D eigenvalue weighted by molar-refractivity contribution is 5.29. The summed E-state index contributed by atoms with van der Waals surface area (Å²) in [6.45, 7) is 11.4. The summed E-state index contributed by atoms with van der Waals surface area (Å²) >= 11 is 0. The SMILES string of the molecule is CCCC1CN(Cc2ccc(C)c(C)c2)CCCN1. The maximum absolute atomic E-state index is 3.68. The van der Waals surface area contributed by atoms with Crippen LogP contribution >= 0.6 is 0 Å². The van der Waals surface area contributed by atoms with Crippen molar-refractivity contribution in [3.8, 4) is 0 Å². The lowest BCUT2D eigenvalue weighted by molar-refractivity contribution is 0.255. The summed E-state index contributed by atoms with van der Waals surface area (Å²) in [7, 11) is 0. The molecule has 2 nitrogen and oxygen atoms in total. The average Bonchev–Trinajstić information content (AvgIpc) is 2.60. The molecule has 1 aromatic rings. The van der Waals surface area contributed by atoms with Crippen LogP contribution in [0.3, 0.4) is 0 Å². The Morgan fingerprint density at radius 2 is 2.11 bits per heavy atom. The molecule has 1 aliphatic rings. The van der Waals surface area contributed by atoms with Gasteiger partial charge in [-0.15, -0.1) is 0 Å². The normalized spacial score (nSPS) is 21.3. The Hall–Kier alpha value is -0.860. The number of hydrogen-bond acceptors (Lipinski definition) is 2. The molecule has 106 valence electrons. The standard InChI is InChI=1S/C17H28N2/c1-4-6-17-13-19(10-5-9-18-17)12-16-8-7-14(2)15(3)11-16/h7-8,11,17-18H,4-6,9-10,12-13H2,1-3H3. The van der Waals surface area contributed by atoms with Crippen molar-refractivity contribution in [2.24, 2.45) is 0 Å². The van der Waals surface area contributed by atoms with Gasteiger partial charge in [0, 0.05) is 19.1 Å². The third-order valence-corrected chi connectivity index (χ3v) is 4.18. The maximum atomic E-state index is 3.68. The highest BCUT2D eigenvalue weighted by Gasteiger charge is 2.16. The van der Waals surface area contributed by atoms with Crippen molar-refractivity contribution in [2.75, 3.05) is 19.6 Å². The molecule has 1 atom stereocenters. The molecule has 0 aromatic heterocycles. The average molecular weight is 260 g/mol. The molecule has 0 bridgehead atoms. The van der Waals surface area contributed by atoms with Crippen molar-refractivity contribution in [3.05, 3.63) is 34.9 Å². The van der Waals surface area contributed by atoms with Gasteiger partial charge in [-0.25, -0.2) is 0 Å². The van der Waals surface area contributed by atoms with Crippen LogP contribution in [-0.2, 0) is 6.54 Å². The topological polar surface area (TPSA) is 15.3 Å². The van der Waals surface area contributed by atoms with E-state index in [0.717, 1.165) is 6.54 Å². The van der Waals surface area contributed by atoms with Gasteiger partial charge in [0.1, 0.15) is 0 Å². The second-order valence-corrected chi connectivity index (χ2v) is 5.95. The van der Waals surface area contributed by atoms with Gasteiger partial charge in [-0.3, -0.25) is 4.90 Å². The zero-order chi connectivity index (χ0) is 13.7. The van der Waals surface area contributed by atoms with Gasteiger partial charge in [-0.1, -0.05) is 31.5 Å². The van der Waals surface area contributed by atoms with Gasteiger partial charge >= 0.3 is 0 Å². The van der Waals surface area contributed by atoms with Crippen LogP contribution in [0.5, 0.6) is 0 Å². The van der Waals surface area contributed by atoms with Crippen molar-refractivity contribution in [3.63, 3.8) is 0 Å². The molecule has 2 heteroatoms. The van der Waals surface area contributed by atoms with E-state index in [4.69, 9.17) is 0 Å². The van der Waals surface area contributed by atoms with Crippen LogP contribution < -0.4 is 5.32 Å². The number of benzene rings is 1. The molecule has 0 spiro atoms. The molecule has 1 saturated heterocycles. The minimum absolute atomic E-state index is 0.680. The van der Waals surface area contributed by atoms with Gasteiger partial charge in [0.15, 0.2) is 0 Å². The lowest BCUT2D eigenvalue weighted by atomic mass is 10.1. The predicted molar refractivity (Wildman–Crippen MR) is 82.5 cm³/mol. The maximum Gasteiger partial charge on any atom is 0.0234 e. The third kappa shape index (κ3) is 4.32. The van der Waals surface area contributed by atoms with E-state index in [1.54, 1.807) is 0 Å². The highest BCUT2D eigenvalue weighted by atomic mass is 15.2. The summed E-state index contributed by atoms with van der Waals surface area (Å²) in [4.78, 5) is 2.62. The van der Waals surface area contributed by atoms with Crippen molar-refractivity contribution >= 4 is 0 Å². The third-order valence-electron chi connectivity index (χ3n) is 4.18. The van der Waals surface area contributed by atoms with Crippen LogP contribution in [0.25, 0.3) is 0 Å². The highest BCUT2D eigenvalue weighted by Crippen LogP contribution is 2.14. The zero-order valence-corrected chi connectivity index (χ0v) is 12.7. The number of rotatable bonds is 4. The van der Waals surface area contributed by atoms with Gasteiger partial charge in [0.25, 0.3) is 0 Å². The summed E-state index contributed by atoms with van der Waals surface area (Å²) in [5.41, 5.74) is 4.26. The Morgan fingerprint density at radius 3 is 2.84 bits per heavy atom. The minimum atomic E-state index is 0.680. The molecule has 1 fully saturated rings. The van der Waals surface area contributed by atoms with E-state index in [-0.39, 0.29) is 0 Å². The molecule has 0 amide bonds. The Bertz CT molecular complexity index is 400. The molecule has 0 radical (unpaired) electrons. The molecule has 1 aromatic carbocycles. The van der Waals surface area contributed by atoms with Gasteiger partial charge in [0.05, 0.1) is 0 Å². The van der Waals surface area contributed by atoms with E-state index in [9.17, 15) is 0 Å². The second-order valence-electron chi connectivity index (χ2n) is 5.95. The van der Waals surface area contributed by atoms with Gasteiger partial charge in [0.2, 0.25) is 0 Å². The zero-order valence-electron chi connectivity index (χ0n) is 12.7. The molecule has 1 unspecified atom stereocenters. The first-order valence-electron chi connectivity index (χ1n) is 7.71. The smallest absolute Gasteiger partial charge is 0.0234 e. The van der Waals surface area contributed by atoms with Crippen LogP contribution in [0.4, 0.5) is 0 Å². The number of nitrogens with one attached hydrogen (secondary N) is 1. The molecule has 0 aliphatic carbocycles. The van der Waals surface area contributed by atoms with Crippen LogP contribution in [0, 0.1) is 13.8 Å². The molecular weight excluding hydrogens is 232 g/mol. The van der Waals surface area contributed by atoms with Crippen molar-refractivity contribution in [2.45, 2.75) is 52.6 Å². The van der Waals surface area contributed by atoms with E-state index >= 15 is 0 Å². The van der Waals surface area contributed by atoms with E-state index < -0.39 is 0 Å². The van der Waals surface area contributed by atoms with Crippen molar-refractivity contribution in [1.82, 2.24) is 10.2 Å². The minimum Gasteiger partial charge on any atom is -0.313 e. The summed E-state index contributed by atoms with van der Waals surface area (Å²) in [5, 5.41) is 3.68. The van der Waals surface area contributed by atoms with Crippen molar-refractivity contribution < 1.29 is 0 Å². The van der Waals surface area contributed by atoms with Crippen LogP contribution in [0.15, 0.2) is 18.2 Å². The first kappa shape index (κ1) is 14.5. The van der Waals surface area contributed by atoms with E-state index in [1.807, 2.05) is 0 Å². The quantitative estimate of drug-likeness (QED) is 0.894. The van der Waals surface area contributed by atoms with E-state index in [0.29, 0.717) is 6.04 Å². The lowest BCUT2D eigenvalue weighted by Gasteiger charge is -2.24. The summed E-state index contributed by atoms with van der Waals surface area (Å²) in [6.07, 6.45) is 3.84. The lowest BCUT2D eigenvalue weighted by Crippen LogP contribution is -2.37. The van der Waals surface area contributed by atoms with Gasteiger partial charge in [-0.2, -0.15) is 0 Å². The summed E-state index contributed by atoms with van der Waals surface area (Å²) < 4.78 is 0. The summed E-state index contributed by atoms with van der Waals surface area (Å²) in [5.74, 6) is 0. The Labute approximate surface area is 118 Å². The monoisotopic (exact) mass is 260 g/mol. The predicted octanol–water partition coefficient (Wildman–Crippen LogP) is 3.27. The van der Waals surface area contributed by atoms with Crippen molar-refractivity contribution in [1.29, 1.82) is 0 Å². The molecule has 0 saturated carbocycles. The Kier molecular flexibility index (Phi) is 5.41.